The fourth-order valence-corrected chi connectivity index (χ4v) is 3.27. The van der Waals surface area contributed by atoms with E-state index in [4.69, 9.17) is 13.9 Å². The van der Waals surface area contributed by atoms with Crippen molar-refractivity contribution >= 4 is 22.6 Å². The molecule has 0 bridgehead atoms. The van der Waals surface area contributed by atoms with Gasteiger partial charge in [0.25, 0.3) is 0 Å². The van der Waals surface area contributed by atoms with E-state index < -0.39 is 5.63 Å². The Morgan fingerprint density at radius 2 is 1.82 bits per heavy atom. The zero-order valence-electron chi connectivity index (χ0n) is 15.5. The Bertz CT molecular complexity index is 1150. The molecule has 0 fully saturated rings. The van der Waals surface area contributed by atoms with Crippen molar-refractivity contribution in [2.45, 2.75) is 20.3 Å². The third kappa shape index (κ3) is 3.15. The summed E-state index contributed by atoms with van der Waals surface area (Å²) in [6.07, 6.45) is -0.127. The number of fused-ring (bicyclic) bond motifs is 2. The lowest BCUT2D eigenvalue weighted by atomic mass is 10.0. The Morgan fingerprint density at radius 3 is 2.61 bits per heavy atom. The van der Waals surface area contributed by atoms with Gasteiger partial charge in [0.05, 0.1) is 12.0 Å². The van der Waals surface area contributed by atoms with Crippen molar-refractivity contribution in [2.75, 3.05) is 18.5 Å². The molecule has 1 aliphatic heterocycles. The molecule has 1 aliphatic rings. The summed E-state index contributed by atoms with van der Waals surface area (Å²) < 4.78 is 16.3. The standard InChI is InChI=1S/C21H19NO6/c1-11-14-4-5-16(23)12(2)20(14)28-21(25)15(11)10-19(24)22-13-3-6-17-18(9-13)27-8-7-26-17/h3-6,9,23H,7-8,10H2,1-2H3,(H,22,24). The van der Waals surface area contributed by atoms with Crippen molar-refractivity contribution in [3.05, 3.63) is 57.4 Å². The first-order chi connectivity index (χ1) is 13.4. The van der Waals surface area contributed by atoms with E-state index in [-0.39, 0.29) is 23.6 Å². The molecule has 0 saturated heterocycles. The van der Waals surface area contributed by atoms with Gasteiger partial charge < -0.3 is 24.3 Å². The number of carbonyl (C=O) groups is 1. The van der Waals surface area contributed by atoms with Gasteiger partial charge in [0.1, 0.15) is 24.5 Å². The molecule has 1 aromatic heterocycles. The predicted octanol–water partition coefficient (Wildman–Crippen LogP) is 3.07. The van der Waals surface area contributed by atoms with Crippen LogP contribution in [0.25, 0.3) is 11.0 Å². The second-order valence-electron chi connectivity index (χ2n) is 6.66. The molecule has 7 heteroatoms. The van der Waals surface area contributed by atoms with Gasteiger partial charge in [-0.05, 0) is 43.7 Å². The minimum Gasteiger partial charge on any atom is -0.508 e. The normalized spacial score (nSPS) is 12.8. The topological polar surface area (TPSA) is 98.0 Å². The lowest BCUT2D eigenvalue weighted by Crippen LogP contribution is -2.21. The summed E-state index contributed by atoms with van der Waals surface area (Å²) in [6.45, 7) is 4.39. The zero-order chi connectivity index (χ0) is 19.8. The van der Waals surface area contributed by atoms with Crippen LogP contribution in [-0.4, -0.2) is 24.2 Å². The van der Waals surface area contributed by atoms with Gasteiger partial charge in [-0.2, -0.15) is 0 Å². The fourth-order valence-electron chi connectivity index (χ4n) is 3.27. The van der Waals surface area contributed by atoms with Crippen LogP contribution < -0.4 is 20.4 Å². The minimum absolute atomic E-state index is 0.0548. The first kappa shape index (κ1) is 17.9. The highest BCUT2D eigenvalue weighted by atomic mass is 16.6. The number of nitrogens with one attached hydrogen (secondary N) is 1. The smallest absolute Gasteiger partial charge is 0.340 e. The molecular weight excluding hydrogens is 362 g/mol. The highest BCUT2D eigenvalue weighted by Gasteiger charge is 2.18. The Labute approximate surface area is 160 Å². The van der Waals surface area contributed by atoms with Gasteiger partial charge in [-0.1, -0.05) is 0 Å². The Kier molecular flexibility index (Phi) is 4.43. The summed E-state index contributed by atoms with van der Waals surface area (Å²) in [6, 6.07) is 8.36. The van der Waals surface area contributed by atoms with Crippen LogP contribution in [0.2, 0.25) is 0 Å². The molecule has 4 rings (SSSR count). The summed E-state index contributed by atoms with van der Waals surface area (Å²) >= 11 is 0. The van der Waals surface area contributed by atoms with E-state index in [1.807, 2.05) is 0 Å². The van der Waals surface area contributed by atoms with Gasteiger partial charge in [0, 0.05) is 22.7 Å². The van der Waals surface area contributed by atoms with E-state index in [1.54, 1.807) is 44.2 Å². The Morgan fingerprint density at radius 1 is 1.07 bits per heavy atom. The lowest BCUT2D eigenvalue weighted by Gasteiger charge is -2.19. The van der Waals surface area contributed by atoms with Gasteiger partial charge in [0.2, 0.25) is 5.91 Å². The maximum absolute atomic E-state index is 12.5. The van der Waals surface area contributed by atoms with Crippen LogP contribution in [0.3, 0.4) is 0 Å². The number of ether oxygens (including phenoxy) is 2. The summed E-state index contributed by atoms with van der Waals surface area (Å²) in [5, 5.41) is 13.3. The molecule has 0 saturated carbocycles. The van der Waals surface area contributed by atoms with Crippen LogP contribution in [0.15, 0.2) is 39.5 Å². The van der Waals surface area contributed by atoms with Gasteiger partial charge in [-0.15, -0.1) is 0 Å². The molecule has 1 amide bonds. The second kappa shape index (κ2) is 6.92. The molecule has 0 spiro atoms. The van der Waals surface area contributed by atoms with Crippen LogP contribution in [0.1, 0.15) is 16.7 Å². The van der Waals surface area contributed by atoms with Gasteiger partial charge in [0.15, 0.2) is 11.5 Å². The number of phenols is 1. The van der Waals surface area contributed by atoms with E-state index in [2.05, 4.69) is 5.32 Å². The molecule has 7 nitrogen and oxygen atoms in total. The molecule has 144 valence electrons. The van der Waals surface area contributed by atoms with Gasteiger partial charge in [-0.25, -0.2) is 4.79 Å². The number of hydrogen-bond acceptors (Lipinski definition) is 6. The minimum atomic E-state index is -0.587. The quantitative estimate of drug-likeness (QED) is 0.677. The third-order valence-corrected chi connectivity index (χ3v) is 4.84. The molecule has 0 radical (unpaired) electrons. The first-order valence-corrected chi connectivity index (χ1v) is 8.88. The highest BCUT2D eigenvalue weighted by Crippen LogP contribution is 2.33. The number of anilines is 1. The van der Waals surface area contributed by atoms with Crippen LogP contribution in [-0.2, 0) is 11.2 Å². The Hall–Kier alpha value is -3.48. The second-order valence-corrected chi connectivity index (χ2v) is 6.66. The average Bonchev–Trinajstić information content (AvgIpc) is 2.68. The summed E-state index contributed by atoms with van der Waals surface area (Å²) in [5.41, 5.74) is 1.73. The molecular formula is C21H19NO6. The van der Waals surface area contributed by atoms with Crippen molar-refractivity contribution in [3.63, 3.8) is 0 Å². The largest absolute Gasteiger partial charge is 0.508 e. The number of hydrogen-bond donors (Lipinski definition) is 2. The van der Waals surface area contributed by atoms with E-state index in [0.29, 0.717) is 52.5 Å². The Balaban J connectivity index is 1.60. The number of carbonyl (C=O) groups excluding carboxylic acids is 1. The van der Waals surface area contributed by atoms with Crippen LogP contribution in [0.4, 0.5) is 5.69 Å². The number of aromatic hydroxyl groups is 1. The van der Waals surface area contributed by atoms with Crippen molar-refractivity contribution in [2.24, 2.45) is 0 Å². The lowest BCUT2D eigenvalue weighted by molar-refractivity contribution is -0.115. The maximum atomic E-state index is 12.5. The van der Waals surface area contributed by atoms with Crippen molar-refractivity contribution in [3.8, 4) is 17.2 Å². The molecule has 0 aliphatic carbocycles. The third-order valence-electron chi connectivity index (χ3n) is 4.84. The summed E-state index contributed by atoms with van der Waals surface area (Å²) in [7, 11) is 0. The molecule has 2 aromatic carbocycles. The number of phenolic OH excluding ortho intramolecular Hbond substituents is 1. The SMILES string of the molecule is Cc1c(CC(=O)Nc2ccc3c(c2)OCCO3)c(=O)oc2c(C)c(O)ccc12. The molecule has 0 atom stereocenters. The summed E-state index contributed by atoms with van der Waals surface area (Å²) in [5.74, 6) is 0.913. The average molecular weight is 381 g/mol. The van der Waals surface area contributed by atoms with E-state index >= 15 is 0 Å². The van der Waals surface area contributed by atoms with Gasteiger partial charge in [-0.3, -0.25) is 4.79 Å². The molecule has 2 N–H and O–H groups in total. The van der Waals surface area contributed by atoms with Crippen LogP contribution >= 0.6 is 0 Å². The van der Waals surface area contributed by atoms with E-state index in [1.165, 1.54) is 0 Å². The maximum Gasteiger partial charge on any atom is 0.340 e. The highest BCUT2D eigenvalue weighted by molar-refractivity contribution is 5.94. The molecule has 3 aromatic rings. The van der Waals surface area contributed by atoms with Crippen LogP contribution in [0, 0.1) is 13.8 Å². The van der Waals surface area contributed by atoms with Crippen molar-refractivity contribution in [1.29, 1.82) is 0 Å². The number of benzene rings is 2. The van der Waals surface area contributed by atoms with Crippen molar-refractivity contribution < 1.29 is 23.8 Å². The van der Waals surface area contributed by atoms with Gasteiger partial charge >= 0.3 is 5.63 Å². The number of aryl methyl sites for hydroxylation is 2. The van der Waals surface area contributed by atoms with E-state index in [0.717, 1.165) is 0 Å². The molecule has 2 heterocycles. The molecule has 28 heavy (non-hydrogen) atoms. The zero-order valence-corrected chi connectivity index (χ0v) is 15.5. The monoisotopic (exact) mass is 381 g/mol. The number of rotatable bonds is 3. The van der Waals surface area contributed by atoms with Crippen molar-refractivity contribution in [1.82, 2.24) is 0 Å². The first-order valence-electron chi connectivity index (χ1n) is 8.88. The predicted molar refractivity (Wildman–Crippen MR) is 103 cm³/mol. The molecule has 0 unspecified atom stereocenters. The number of amides is 1. The summed E-state index contributed by atoms with van der Waals surface area (Å²) in [4.78, 5) is 24.9. The fraction of sp³-hybridized carbons (Fsp3) is 0.238. The van der Waals surface area contributed by atoms with Crippen LogP contribution in [0.5, 0.6) is 17.2 Å². The van der Waals surface area contributed by atoms with E-state index in [9.17, 15) is 14.7 Å².